The molecule has 0 aliphatic rings. The van der Waals surface area contributed by atoms with Gasteiger partial charge in [-0.2, -0.15) is 0 Å². The Kier molecular flexibility index (Phi) is 2.19. The molecule has 1 N–H and O–H groups in total. The molecule has 2 aromatic rings. The predicted molar refractivity (Wildman–Crippen MR) is 53.0 cm³/mol. The minimum absolute atomic E-state index is 0.112. The summed E-state index contributed by atoms with van der Waals surface area (Å²) in [5, 5.41) is 13.2. The third-order valence-electron chi connectivity index (χ3n) is 2.28. The minimum Gasteiger partial charge on any atom is -0.503 e. The van der Waals surface area contributed by atoms with Crippen LogP contribution in [0.5, 0.6) is 5.75 Å². The number of hydrogen-bond acceptors (Lipinski definition) is 3. The maximum absolute atomic E-state index is 13.7. The number of aromatic hydroxyl groups is 1. The number of aromatic nitrogens is 1. The number of halogens is 1. The average Bonchev–Trinajstić information content (AvgIpc) is 2.53. The number of benzene rings is 1. The molecular formula is C11H10FNO2. The summed E-state index contributed by atoms with van der Waals surface area (Å²) >= 11 is 0. The highest BCUT2D eigenvalue weighted by Gasteiger charge is 2.17. The van der Waals surface area contributed by atoms with Gasteiger partial charge in [-0.25, -0.2) is 4.39 Å². The van der Waals surface area contributed by atoms with E-state index < -0.39 is 0 Å². The third-order valence-corrected chi connectivity index (χ3v) is 2.28. The van der Waals surface area contributed by atoms with Gasteiger partial charge in [-0.15, -0.1) is 0 Å². The lowest BCUT2D eigenvalue weighted by molar-refractivity contribution is 0.384. The summed E-state index contributed by atoms with van der Waals surface area (Å²) in [6, 6.07) is 4.92. The Morgan fingerprint density at radius 1 is 1.33 bits per heavy atom. The molecule has 0 aliphatic carbocycles. The Hall–Kier alpha value is -1.84. The molecule has 0 saturated carbocycles. The summed E-state index contributed by atoms with van der Waals surface area (Å²) in [4.78, 5) is 0. The second kappa shape index (κ2) is 3.38. The Morgan fingerprint density at radius 3 is 2.67 bits per heavy atom. The van der Waals surface area contributed by atoms with E-state index in [9.17, 15) is 9.50 Å². The van der Waals surface area contributed by atoms with E-state index in [1.807, 2.05) is 0 Å². The van der Waals surface area contributed by atoms with Crippen molar-refractivity contribution in [2.24, 2.45) is 0 Å². The highest BCUT2D eigenvalue weighted by atomic mass is 19.1. The van der Waals surface area contributed by atoms with Crippen molar-refractivity contribution in [2.75, 3.05) is 0 Å². The molecule has 0 aliphatic heterocycles. The van der Waals surface area contributed by atoms with Gasteiger partial charge in [0.1, 0.15) is 5.82 Å². The monoisotopic (exact) mass is 207 g/mol. The van der Waals surface area contributed by atoms with Crippen molar-refractivity contribution in [3.8, 4) is 17.0 Å². The highest BCUT2D eigenvalue weighted by Crippen LogP contribution is 2.33. The smallest absolute Gasteiger partial charge is 0.186 e. The molecule has 2 rings (SSSR count). The Labute approximate surface area is 86.1 Å². The van der Waals surface area contributed by atoms with Crippen molar-refractivity contribution in [3.63, 3.8) is 0 Å². The van der Waals surface area contributed by atoms with Gasteiger partial charge in [-0.3, -0.25) is 0 Å². The summed E-state index contributed by atoms with van der Waals surface area (Å²) in [6.45, 7) is 3.22. The van der Waals surface area contributed by atoms with E-state index in [1.165, 1.54) is 0 Å². The second-order valence-electron chi connectivity index (χ2n) is 3.37. The molecule has 0 fully saturated rings. The van der Waals surface area contributed by atoms with Crippen LogP contribution in [0.15, 0.2) is 22.7 Å². The lowest BCUT2D eigenvalue weighted by Gasteiger charge is -2.01. The third kappa shape index (κ3) is 1.48. The van der Waals surface area contributed by atoms with Crippen LogP contribution in [0.3, 0.4) is 0 Å². The quantitative estimate of drug-likeness (QED) is 0.782. The van der Waals surface area contributed by atoms with Crippen LogP contribution in [0.25, 0.3) is 11.3 Å². The van der Waals surface area contributed by atoms with Gasteiger partial charge in [0.25, 0.3) is 0 Å². The first-order valence-corrected chi connectivity index (χ1v) is 4.52. The molecule has 0 unspecified atom stereocenters. The van der Waals surface area contributed by atoms with Crippen LogP contribution in [0.4, 0.5) is 4.39 Å². The van der Waals surface area contributed by atoms with Gasteiger partial charge in [-0.05, 0) is 18.6 Å². The maximum atomic E-state index is 13.7. The van der Waals surface area contributed by atoms with Crippen molar-refractivity contribution < 1.29 is 14.0 Å². The lowest BCUT2D eigenvalue weighted by atomic mass is 10.1. The van der Waals surface area contributed by atoms with Gasteiger partial charge in [0, 0.05) is 12.5 Å². The van der Waals surface area contributed by atoms with Gasteiger partial charge in [-0.1, -0.05) is 17.3 Å². The van der Waals surface area contributed by atoms with Gasteiger partial charge >= 0.3 is 0 Å². The maximum Gasteiger partial charge on any atom is 0.186 e. The number of nitrogens with zero attached hydrogens (tertiary/aromatic N) is 1. The molecule has 0 radical (unpaired) electrons. The Balaban J connectivity index is 2.64. The van der Waals surface area contributed by atoms with E-state index in [4.69, 9.17) is 4.52 Å². The molecule has 1 heterocycles. The zero-order chi connectivity index (χ0) is 11.0. The average molecular weight is 207 g/mol. The van der Waals surface area contributed by atoms with Crippen molar-refractivity contribution in [3.05, 3.63) is 35.3 Å². The summed E-state index contributed by atoms with van der Waals surface area (Å²) in [6.07, 6.45) is 0. The van der Waals surface area contributed by atoms with Crippen molar-refractivity contribution in [1.82, 2.24) is 5.16 Å². The van der Waals surface area contributed by atoms with Gasteiger partial charge in [0.2, 0.25) is 0 Å². The van der Waals surface area contributed by atoms with E-state index in [-0.39, 0.29) is 28.6 Å². The molecule has 0 bridgehead atoms. The van der Waals surface area contributed by atoms with Gasteiger partial charge in [0.15, 0.2) is 17.2 Å². The molecule has 1 aromatic carbocycles. The fraction of sp³-hybridized carbons (Fsp3) is 0.182. The standard InChI is InChI=1S/C11H10FNO2/c1-6-4-3-5-8(9(6)12)10-11(14)7(2)15-13-10/h3-5,14H,1-2H3. The molecule has 3 nitrogen and oxygen atoms in total. The van der Waals surface area contributed by atoms with E-state index in [2.05, 4.69) is 5.16 Å². The summed E-state index contributed by atoms with van der Waals surface area (Å²) in [5.74, 6) is -0.216. The van der Waals surface area contributed by atoms with Crippen LogP contribution >= 0.6 is 0 Å². The van der Waals surface area contributed by atoms with Gasteiger partial charge < -0.3 is 9.63 Å². The molecule has 0 saturated heterocycles. The molecular weight excluding hydrogens is 197 g/mol. The number of rotatable bonds is 1. The SMILES string of the molecule is Cc1cccc(-c2noc(C)c2O)c1F. The van der Waals surface area contributed by atoms with E-state index in [0.29, 0.717) is 5.56 Å². The Morgan fingerprint density at radius 2 is 2.07 bits per heavy atom. The minimum atomic E-state index is -0.388. The first-order chi connectivity index (χ1) is 7.11. The number of aryl methyl sites for hydroxylation is 2. The second-order valence-corrected chi connectivity index (χ2v) is 3.37. The Bertz CT molecular complexity index is 505. The van der Waals surface area contributed by atoms with Crippen molar-refractivity contribution >= 4 is 0 Å². The molecule has 1 aromatic heterocycles. The zero-order valence-corrected chi connectivity index (χ0v) is 8.41. The van der Waals surface area contributed by atoms with E-state index in [1.54, 1.807) is 32.0 Å². The fourth-order valence-electron chi connectivity index (χ4n) is 1.37. The van der Waals surface area contributed by atoms with Crippen molar-refractivity contribution in [2.45, 2.75) is 13.8 Å². The highest BCUT2D eigenvalue weighted by molar-refractivity contribution is 5.67. The van der Waals surface area contributed by atoms with Crippen molar-refractivity contribution in [1.29, 1.82) is 0 Å². The van der Waals surface area contributed by atoms with Crippen LogP contribution in [-0.2, 0) is 0 Å². The van der Waals surface area contributed by atoms with Crippen LogP contribution in [-0.4, -0.2) is 10.3 Å². The lowest BCUT2D eigenvalue weighted by Crippen LogP contribution is -1.88. The largest absolute Gasteiger partial charge is 0.503 e. The van der Waals surface area contributed by atoms with Crippen LogP contribution < -0.4 is 0 Å². The zero-order valence-electron chi connectivity index (χ0n) is 8.41. The molecule has 0 amide bonds. The van der Waals surface area contributed by atoms with Crippen LogP contribution in [0, 0.1) is 19.7 Å². The van der Waals surface area contributed by atoms with E-state index >= 15 is 0 Å². The topological polar surface area (TPSA) is 46.3 Å². The first kappa shape index (κ1) is 9.71. The summed E-state index contributed by atoms with van der Waals surface area (Å²) < 4.78 is 18.5. The molecule has 0 atom stereocenters. The molecule has 78 valence electrons. The van der Waals surface area contributed by atoms with E-state index in [0.717, 1.165) is 0 Å². The molecule has 0 spiro atoms. The molecule has 4 heteroatoms. The van der Waals surface area contributed by atoms with Gasteiger partial charge in [0.05, 0.1) is 0 Å². The normalized spacial score (nSPS) is 10.6. The predicted octanol–water partition coefficient (Wildman–Crippen LogP) is 2.80. The summed E-state index contributed by atoms with van der Waals surface area (Å²) in [5.41, 5.74) is 0.908. The molecule has 15 heavy (non-hydrogen) atoms. The van der Waals surface area contributed by atoms with Crippen LogP contribution in [0.1, 0.15) is 11.3 Å². The van der Waals surface area contributed by atoms with Crippen LogP contribution in [0.2, 0.25) is 0 Å². The summed E-state index contributed by atoms with van der Waals surface area (Å²) in [7, 11) is 0. The first-order valence-electron chi connectivity index (χ1n) is 4.52. The fourth-order valence-corrected chi connectivity index (χ4v) is 1.37. The number of hydrogen-bond donors (Lipinski definition) is 1.